The number of piperidine rings is 1. The van der Waals surface area contributed by atoms with Gasteiger partial charge in [-0.1, -0.05) is 17.3 Å². The number of likely N-dealkylation sites (tertiary alicyclic amines) is 1. The number of benzene rings is 1. The summed E-state index contributed by atoms with van der Waals surface area (Å²) in [7, 11) is 0. The minimum absolute atomic E-state index is 0.0799. The van der Waals surface area contributed by atoms with Gasteiger partial charge in [0.25, 0.3) is 5.91 Å². The fourth-order valence-electron chi connectivity index (χ4n) is 3.24. The number of nitroso groups, excluding NO2 is 1. The zero-order chi connectivity index (χ0) is 20.6. The Morgan fingerprint density at radius 1 is 1.18 bits per heavy atom. The van der Waals surface area contributed by atoms with Gasteiger partial charge in [0.15, 0.2) is 0 Å². The lowest BCUT2D eigenvalue weighted by Gasteiger charge is -2.33. The number of carbonyl (C=O) groups is 2. The molecular weight excluding hydrogens is 358 g/mol. The number of aryl methyl sites for hydroxylation is 1. The highest BCUT2D eigenvalue weighted by Crippen LogP contribution is 2.24. The number of nitrogens with zero attached hydrogens (tertiary/aromatic N) is 2. The summed E-state index contributed by atoms with van der Waals surface area (Å²) in [4.78, 5) is 35.9. The van der Waals surface area contributed by atoms with Crippen molar-refractivity contribution in [3.05, 3.63) is 40.3 Å². The number of rotatable bonds is 7. The number of hydrogen-bond donors (Lipinski definition) is 1. The molecule has 1 aromatic rings. The highest BCUT2D eigenvalue weighted by Gasteiger charge is 2.26. The first-order valence-corrected chi connectivity index (χ1v) is 9.92. The fraction of sp³-hybridized carbons (Fsp3) is 0.619. The van der Waals surface area contributed by atoms with E-state index in [4.69, 9.17) is 4.74 Å². The number of ether oxygens (including phenoxy) is 1. The molecule has 0 atom stereocenters. The molecule has 28 heavy (non-hydrogen) atoms. The van der Waals surface area contributed by atoms with Crippen molar-refractivity contribution in [3.8, 4) is 0 Å². The third-order valence-corrected chi connectivity index (χ3v) is 4.81. The molecule has 1 saturated heterocycles. The van der Waals surface area contributed by atoms with Crippen molar-refractivity contribution in [2.75, 3.05) is 26.2 Å². The SMILES string of the molecule is CC(C)(C)OC(=O)N1CCC(CCc2ccc(C(=O)NCCN=O)cc2)CC1. The lowest BCUT2D eigenvalue weighted by atomic mass is 9.90. The molecule has 1 N–H and O–H groups in total. The first-order valence-electron chi connectivity index (χ1n) is 9.92. The Morgan fingerprint density at radius 2 is 1.82 bits per heavy atom. The van der Waals surface area contributed by atoms with Gasteiger partial charge in [0, 0.05) is 25.2 Å². The van der Waals surface area contributed by atoms with Crippen molar-refractivity contribution in [3.63, 3.8) is 0 Å². The largest absolute Gasteiger partial charge is 0.444 e. The summed E-state index contributed by atoms with van der Waals surface area (Å²) < 4.78 is 5.44. The molecule has 0 aliphatic carbocycles. The van der Waals surface area contributed by atoms with Crippen LogP contribution in [0.25, 0.3) is 0 Å². The predicted octanol–water partition coefficient (Wildman–Crippen LogP) is 3.76. The molecule has 0 bridgehead atoms. The van der Waals surface area contributed by atoms with Crippen LogP contribution in [0, 0.1) is 10.8 Å². The summed E-state index contributed by atoms with van der Waals surface area (Å²) in [6.45, 7) is 7.48. The summed E-state index contributed by atoms with van der Waals surface area (Å²) in [6.07, 6.45) is 3.78. The average Bonchev–Trinajstić information content (AvgIpc) is 2.66. The second-order valence-corrected chi connectivity index (χ2v) is 8.25. The third kappa shape index (κ3) is 7.29. The van der Waals surface area contributed by atoms with Gasteiger partial charge < -0.3 is 15.0 Å². The van der Waals surface area contributed by atoms with Crippen molar-refractivity contribution in [2.24, 2.45) is 11.1 Å². The number of carbonyl (C=O) groups excluding carboxylic acids is 2. The van der Waals surface area contributed by atoms with E-state index >= 15 is 0 Å². The second-order valence-electron chi connectivity index (χ2n) is 8.25. The molecule has 1 fully saturated rings. The molecule has 0 unspecified atom stereocenters. The van der Waals surface area contributed by atoms with E-state index in [0.717, 1.165) is 38.8 Å². The Bertz CT molecular complexity index is 659. The Hall–Kier alpha value is -2.44. The first-order chi connectivity index (χ1) is 13.3. The van der Waals surface area contributed by atoms with E-state index in [1.54, 1.807) is 4.90 Å². The Labute approximate surface area is 166 Å². The molecule has 0 spiro atoms. The summed E-state index contributed by atoms with van der Waals surface area (Å²) in [5, 5.41) is 5.38. The van der Waals surface area contributed by atoms with Crippen LogP contribution in [0.15, 0.2) is 29.4 Å². The average molecular weight is 389 g/mol. The summed E-state index contributed by atoms with van der Waals surface area (Å²) in [5.74, 6) is 0.405. The standard InChI is InChI=1S/C21H31N3O4/c1-21(2,3)28-20(26)24-14-10-17(11-15-24)5-4-16-6-8-18(9-7-16)19(25)22-12-13-23-27/h6-9,17H,4-5,10-15H2,1-3H3,(H,22,25). The topological polar surface area (TPSA) is 88.1 Å². The van der Waals surface area contributed by atoms with Crippen LogP contribution in [0.2, 0.25) is 0 Å². The van der Waals surface area contributed by atoms with Crippen molar-refractivity contribution in [1.82, 2.24) is 10.2 Å². The number of amides is 2. The van der Waals surface area contributed by atoms with E-state index in [1.165, 1.54) is 5.56 Å². The van der Waals surface area contributed by atoms with Crippen molar-refractivity contribution < 1.29 is 14.3 Å². The quantitative estimate of drug-likeness (QED) is 0.568. The Morgan fingerprint density at radius 3 is 2.39 bits per heavy atom. The van der Waals surface area contributed by atoms with E-state index in [9.17, 15) is 14.5 Å². The van der Waals surface area contributed by atoms with Gasteiger partial charge in [0.05, 0.1) is 6.54 Å². The Kier molecular flexibility index (Phi) is 7.96. The van der Waals surface area contributed by atoms with E-state index in [1.807, 2.05) is 45.0 Å². The lowest BCUT2D eigenvalue weighted by Crippen LogP contribution is -2.41. The summed E-state index contributed by atoms with van der Waals surface area (Å²) in [6, 6.07) is 7.57. The van der Waals surface area contributed by atoms with E-state index < -0.39 is 5.60 Å². The first kappa shape index (κ1) is 21.9. The molecule has 7 heteroatoms. The molecule has 0 saturated carbocycles. The van der Waals surface area contributed by atoms with Crippen LogP contribution in [-0.4, -0.2) is 48.7 Å². The van der Waals surface area contributed by atoms with Gasteiger partial charge in [-0.15, -0.1) is 0 Å². The van der Waals surface area contributed by atoms with Crippen molar-refractivity contribution in [1.29, 1.82) is 0 Å². The monoisotopic (exact) mass is 389 g/mol. The summed E-state index contributed by atoms with van der Waals surface area (Å²) >= 11 is 0. The van der Waals surface area contributed by atoms with Gasteiger partial charge in [0.1, 0.15) is 5.60 Å². The van der Waals surface area contributed by atoms with Crippen molar-refractivity contribution in [2.45, 2.75) is 52.1 Å². The van der Waals surface area contributed by atoms with E-state index in [-0.39, 0.29) is 25.1 Å². The molecule has 7 nitrogen and oxygen atoms in total. The maximum Gasteiger partial charge on any atom is 0.410 e. The van der Waals surface area contributed by atoms with Gasteiger partial charge >= 0.3 is 6.09 Å². The molecule has 154 valence electrons. The highest BCUT2D eigenvalue weighted by molar-refractivity contribution is 5.94. The van der Waals surface area contributed by atoms with Gasteiger partial charge in [-0.2, -0.15) is 4.91 Å². The van der Waals surface area contributed by atoms with Crippen LogP contribution in [0.5, 0.6) is 0 Å². The molecule has 1 aromatic carbocycles. The van der Waals surface area contributed by atoms with E-state index in [0.29, 0.717) is 11.5 Å². The number of hydrogen-bond acceptors (Lipinski definition) is 5. The Balaban J connectivity index is 1.73. The molecule has 1 aliphatic rings. The van der Waals surface area contributed by atoms with Gasteiger partial charge in [-0.25, -0.2) is 4.79 Å². The molecule has 0 aromatic heterocycles. The normalized spacial score (nSPS) is 15.2. The van der Waals surface area contributed by atoms with Crippen LogP contribution in [0.4, 0.5) is 4.79 Å². The van der Waals surface area contributed by atoms with Crippen LogP contribution >= 0.6 is 0 Å². The van der Waals surface area contributed by atoms with Crippen LogP contribution in [-0.2, 0) is 11.2 Å². The maximum atomic E-state index is 12.1. The van der Waals surface area contributed by atoms with Crippen LogP contribution in [0.3, 0.4) is 0 Å². The molecular formula is C21H31N3O4. The van der Waals surface area contributed by atoms with Crippen LogP contribution < -0.4 is 5.32 Å². The maximum absolute atomic E-state index is 12.1. The number of nitrogens with one attached hydrogen (secondary N) is 1. The molecule has 2 rings (SSSR count). The minimum Gasteiger partial charge on any atom is -0.444 e. The van der Waals surface area contributed by atoms with Gasteiger partial charge in [-0.05, 0) is 70.1 Å². The smallest absolute Gasteiger partial charge is 0.410 e. The zero-order valence-electron chi connectivity index (χ0n) is 17.1. The zero-order valence-corrected chi connectivity index (χ0v) is 17.1. The fourth-order valence-corrected chi connectivity index (χ4v) is 3.24. The van der Waals surface area contributed by atoms with Gasteiger partial charge in [-0.3, -0.25) is 4.79 Å². The minimum atomic E-state index is -0.456. The highest BCUT2D eigenvalue weighted by atomic mass is 16.6. The molecule has 1 heterocycles. The molecule has 1 aliphatic heterocycles. The predicted molar refractivity (Wildman–Crippen MR) is 108 cm³/mol. The molecule has 0 radical (unpaired) electrons. The second kappa shape index (κ2) is 10.2. The van der Waals surface area contributed by atoms with Gasteiger partial charge in [0.2, 0.25) is 0 Å². The summed E-state index contributed by atoms with van der Waals surface area (Å²) in [5.41, 5.74) is 1.32. The lowest BCUT2D eigenvalue weighted by molar-refractivity contribution is 0.0181. The van der Waals surface area contributed by atoms with Crippen molar-refractivity contribution >= 4 is 12.0 Å². The molecule has 2 amide bonds. The van der Waals surface area contributed by atoms with E-state index in [2.05, 4.69) is 10.5 Å². The van der Waals surface area contributed by atoms with Crippen LogP contribution in [0.1, 0.15) is 56.0 Å². The third-order valence-electron chi connectivity index (χ3n) is 4.81.